The van der Waals surface area contributed by atoms with E-state index in [4.69, 9.17) is 0 Å². The third-order valence-corrected chi connectivity index (χ3v) is 21.9. The van der Waals surface area contributed by atoms with E-state index >= 15 is 0 Å². The van der Waals surface area contributed by atoms with Crippen LogP contribution in [-0.4, -0.2) is 25.0 Å². The number of hydrogen-bond donors (Lipinski definition) is 0. The lowest BCUT2D eigenvalue weighted by Gasteiger charge is -2.00. The smallest absolute Gasteiger partial charge is 0.0717 e. The minimum absolute atomic E-state index is 1.01. The fraction of sp³-hybridized carbons (Fsp3) is 0.143. The molecule has 0 atom stereocenters. The van der Waals surface area contributed by atoms with E-state index < -0.39 is 0 Å². The first-order valence-electron chi connectivity index (χ1n) is 11.4. The number of fused-ring (bicyclic) bond motifs is 2. The van der Waals surface area contributed by atoms with Crippen LogP contribution in [0.25, 0.3) is 0 Å². The van der Waals surface area contributed by atoms with Gasteiger partial charge in [0.2, 0.25) is 0 Å². The maximum Gasteiger partial charge on any atom is 0.0717 e. The number of hydrogen-bond acceptors (Lipinski definition) is 12. The molecule has 0 radical (unpaired) electrons. The molecule has 0 bridgehead atoms. The highest BCUT2D eigenvalue weighted by atomic mass is 32.3. The highest BCUT2D eigenvalue weighted by Gasteiger charge is 2.29. The van der Waals surface area contributed by atoms with E-state index in [0.717, 1.165) is 11.1 Å². The highest BCUT2D eigenvalue weighted by Crippen LogP contribution is 2.65. The molecule has 0 saturated heterocycles. The lowest BCUT2D eigenvalue weighted by Crippen LogP contribution is -1.77. The van der Waals surface area contributed by atoms with Crippen molar-refractivity contribution in [3.05, 3.63) is 81.4 Å². The van der Waals surface area contributed by atoms with Crippen molar-refractivity contribution >= 4 is 141 Å². The molecule has 0 N–H and O–H groups in total. The van der Waals surface area contributed by atoms with Gasteiger partial charge in [0.05, 0.1) is 33.9 Å². The molecular formula is C28H18S12. The van der Waals surface area contributed by atoms with Gasteiger partial charge in [0, 0.05) is 30.7 Å². The SMILES string of the molecule is CSC1=C(SC)SC(=C2Sc3ccc(C#CC#Cc4ccc5c(c4)SC(=C4SC(SC)=C(SC)S4)S5)cc3S2)S1. The Hall–Kier alpha value is 0.720. The second kappa shape index (κ2) is 14.2. The van der Waals surface area contributed by atoms with Crippen molar-refractivity contribution in [3.8, 4) is 23.7 Å². The predicted molar refractivity (Wildman–Crippen MR) is 203 cm³/mol. The Balaban J connectivity index is 1.11. The number of benzene rings is 2. The predicted octanol–water partition coefficient (Wildman–Crippen LogP) is 12.4. The van der Waals surface area contributed by atoms with Gasteiger partial charge in [-0.25, -0.2) is 0 Å². The molecule has 0 aromatic heterocycles. The van der Waals surface area contributed by atoms with Gasteiger partial charge in [-0.05, 0) is 73.3 Å². The second-order valence-corrected chi connectivity index (χ2v) is 21.4. The summed E-state index contributed by atoms with van der Waals surface area (Å²) in [6.45, 7) is 0. The second-order valence-electron chi connectivity index (χ2n) is 7.76. The Morgan fingerprint density at radius 3 is 1.10 bits per heavy atom. The van der Waals surface area contributed by atoms with E-state index in [2.05, 4.69) is 85.1 Å². The van der Waals surface area contributed by atoms with E-state index in [9.17, 15) is 0 Å². The summed E-state index contributed by atoms with van der Waals surface area (Å²) in [4.78, 5) is 5.21. The van der Waals surface area contributed by atoms with Crippen LogP contribution in [0.1, 0.15) is 11.1 Å². The molecular weight excluding hydrogens is 721 g/mol. The van der Waals surface area contributed by atoms with Gasteiger partial charge in [-0.3, -0.25) is 0 Å². The van der Waals surface area contributed by atoms with E-state index in [1.165, 1.54) is 53.5 Å². The third-order valence-electron chi connectivity index (χ3n) is 5.32. The Morgan fingerprint density at radius 2 is 0.750 bits per heavy atom. The Kier molecular flexibility index (Phi) is 10.9. The van der Waals surface area contributed by atoms with Crippen LogP contribution in [0.2, 0.25) is 0 Å². The summed E-state index contributed by atoms with van der Waals surface area (Å²) >= 11 is 22.5. The molecule has 0 saturated carbocycles. The molecule has 40 heavy (non-hydrogen) atoms. The summed E-state index contributed by atoms with van der Waals surface area (Å²) in [5.41, 5.74) is 2.02. The van der Waals surface area contributed by atoms with Crippen molar-refractivity contribution < 1.29 is 0 Å². The Bertz CT molecular complexity index is 1500. The monoisotopic (exact) mass is 738 g/mol. The van der Waals surface area contributed by atoms with Gasteiger partial charge in [0.15, 0.2) is 0 Å². The highest BCUT2D eigenvalue weighted by molar-refractivity contribution is 8.42. The van der Waals surface area contributed by atoms with Gasteiger partial charge < -0.3 is 0 Å². The molecule has 2 aromatic rings. The molecule has 0 spiro atoms. The van der Waals surface area contributed by atoms with Crippen LogP contribution >= 0.6 is 141 Å². The molecule has 12 heteroatoms. The quantitative estimate of drug-likeness (QED) is 0.274. The van der Waals surface area contributed by atoms with Crippen LogP contribution in [0.5, 0.6) is 0 Å². The van der Waals surface area contributed by atoms with Crippen LogP contribution < -0.4 is 0 Å². The molecule has 6 rings (SSSR count). The van der Waals surface area contributed by atoms with Gasteiger partial charge in [0.1, 0.15) is 0 Å². The lowest BCUT2D eigenvalue weighted by atomic mass is 10.2. The maximum atomic E-state index is 3.26. The average molecular weight is 739 g/mol. The van der Waals surface area contributed by atoms with Crippen LogP contribution in [0.3, 0.4) is 0 Å². The third kappa shape index (κ3) is 6.84. The summed E-state index contributed by atoms with van der Waals surface area (Å²) in [7, 11) is 0. The minimum Gasteiger partial charge on any atom is -0.121 e. The molecule has 0 fully saturated rings. The molecule has 4 aliphatic heterocycles. The Labute approximate surface area is 287 Å². The normalized spacial score (nSPS) is 17.8. The largest absolute Gasteiger partial charge is 0.121 e. The summed E-state index contributed by atoms with van der Waals surface area (Å²) in [5.74, 6) is 12.7. The minimum atomic E-state index is 1.01. The van der Waals surface area contributed by atoms with Crippen LogP contribution in [0.4, 0.5) is 0 Å². The van der Waals surface area contributed by atoms with Crippen molar-refractivity contribution in [2.75, 3.05) is 25.0 Å². The van der Waals surface area contributed by atoms with Crippen LogP contribution in [0.15, 0.2) is 89.9 Å². The molecule has 4 heterocycles. The fourth-order valence-electron chi connectivity index (χ4n) is 3.53. The molecule has 0 nitrogen and oxygen atoms in total. The van der Waals surface area contributed by atoms with E-state index in [1.807, 2.05) is 141 Å². The number of thioether (sulfide) groups is 12. The van der Waals surface area contributed by atoms with Gasteiger partial charge in [-0.15, -0.1) is 47.0 Å². The zero-order chi connectivity index (χ0) is 27.6. The summed E-state index contributed by atoms with van der Waals surface area (Å²) < 4.78 is 11.2. The van der Waals surface area contributed by atoms with Gasteiger partial charge in [0.25, 0.3) is 0 Å². The molecule has 0 unspecified atom stereocenters. The van der Waals surface area contributed by atoms with Crippen molar-refractivity contribution in [2.45, 2.75) is 19.6 Å². The first-order chi connectivity index (χ1) is 19.6. The molecule has 0 amide bonds. The lowest BCUT2D eigenvalue weighted by molar-refractivity contribution is 1.26. The number of rotatable bonds is 4. The summed E-state index contributed by atoms with van der Waals surface area (Å²) in [6, 6.07) is 13.0. The van der Waals surface area contributed by atoms with Crippen molar-refractivity contribution in [1.29, 1.82) is 0 Å². The van der Waals surface area contributed by atoms with E-state index in [1.54, 1.807) is 0 Å². The summed E-state index contributed by atoms with van der Waals surface area (Å²) in [6.07, 6.45) is 8.65. The molecule has 4 aliphatic rings. The fourth-order valence-corrected chi connectivity index (χ4v) is 19.2. The zero-order valence-corrected chi connectivity index (χ0v) is 31.2. The standard InChI is InChI=1S/C28H18S12/c1-29-21-22(30-2)38-27(37-21)25-33-17-11-9-15(13-19(17)35-25)7-5-6-8-16-10-12-18-20(14-16)36-26(34-18)28-39-23(31-3)24(32-4)40-28/h9-14H,1-4H3. The Morgan fingerprint density at radius 1 is 0.425 bits per heavy atom. The topological polar surface area (TPSA) is 0 Å². The average Bonchev–Trinajstić information content (AvgIpc) is 3.77. The van der Waals surface area contributed by atoms with Crippen LogP contribution in [-0.2, 0) is 0 Å². The maximum absolute atomic E-state index is 3.26. The summed E-state index contributed by atoms with van der Waals surface area (Å²) in [5, 5.41) is 0. The first-order valence-corrected chi connectivity index (χ1v) is 22.9. The molecule has 0 aliphatic carbocycles. The van der Waals surface area contributed by atoms with Crippen molar-refractivity contribution in [2.24, 2.45) is 0 Å². The van der Waals surface area contributed by atoms with E-state index in [0.29, 0.717) is 0 Å². The van der Waals surface area contributed by atoms with Crippen molar-refractivity contribution in [1.82, 2.24) is 0 Å². The van der Waals surface area contributed by atoms with Gasteiger partial charge in [-0.1, -0.05) is 106 Å². The first kappa shape index (κ1) is 30.7. The van der Waals surface area contributed by atoms with Crippen LogP contribution in [0, 0.1) is 23.7 Å². The molecule has 202 valence electrons. The zero-order valence-electron chi connectivity index (χ0n) is 21.4. The van der Waals surface area contributed by atoms with Gasteiger partial charge in [-0.2, -0.15) is 0 Å². The molecule has 2 aromatic carbocycles. The van der Waals surface area contributed by atoms with Gasteiger partial charge >= 0.3 is 0 Å². The van der Waals surface area contributed by atoms with Crippen molar-refractivity contribution in [3.63, 3.8) is 0 Å². The van der Waals surface area contributed by atoms with E-state index in [-0.39, 0.29) is 0 Å².